The van der Waals surface area contributed by atoms with Gasteiger partial charge in [0.2, 0.25) is 5.91 Å². The van der Waals surface area contributed by atoms with Crippen molar-refractivity contribution in [2.75, 3.05) is 13.7 Å². The lowest BCUT2D eigenvalue weighted by Gasteiger charge is -2.12. The number of ether oxygens (including phenoxy) is 2. The number of hydrogen-bond acceptors (Lipinski definition) is 4. The fraction of sp³-hybridized carbons (Fsp3) is 0.273. The van der Waals surface area contributed by atoms with E-state index in [4.69, 9.17) is 10.5 Å². The Hall–Kier alpha value is -3.42. The number of carbonyl (C=O) groups is 2. The maximum atomic E-state index is 14.3. The normalized spacial score (nSPS) is 15.2. The molecular formula is C22H20F2N2O4. The van der Waals surface area contributed by atoms with Crippen molar-refractivity contribution in [2.45, 2.75) is 25.3 Å². The molecule has 0 bridgehead atoms. The molecule has 2 N–H and O–H groups in total. The standard InChI is InChI=1S/C22H20F2N2O4/c1-29-18(27)11-30-17-7-3-6-15-20(17)19-13(22(25)28)8-9-16(19)26(15)10-12-4-2-5-14(23)21(12)24/h2-7,13H,8-11H2,1H3,(H2,25,28). The van der Waals surface area contributed by atoms with E-state index < -0.39 is 29.4 Å². The molecule has 2 aromatic carbocycles. The van der Waals surface area contributed by atoms with Crippen LogP contribution in [0.25, 0.3) is 10.9 Å². The van der Waals surface area contributed by atoms with Crippen LogP contribution in [0.5, 0.6) is 5.75 Å². The Morgan fingerprint density at radius 3 is 2.70 bits per heavy atom. The van der Waals surface area contributed by atoms with Gasteiger partial charge in [-0.05, 0) is 36.6 Å². The summed E-state index contributed by atoms with van der Waals surface area (Å²) in [7, 11) is 1.26. The lowest BCUT2D eigenvalue weighted by Crippen LogP contribution is -2.19. The van der Waals surface area contributed by atoms with Crippen LogP contribution >= 0.6 is 0 Å². The van der Waals surface area contributed by atoms with E-state index in [2.05, 4.69) is 4.74 Å². The first-order chi connectivity index (χ1) is 14.4. The number of rotatable bonds is 6. The van der Waals surface area contributed by atoms with Gasteiger partial charge in [-0.2, -0.15) is 0 Å². The van der Waals surface area contributed by atoms with E-state index in [0.717, 1.165) is 17.3 Å². The number of carbonyl (C=O) groups excluding carboxylic acids is 2. The summed E-state index contributed by atoms with van der Waals surface area (Å²) >= 11 is 0. The minimum absolute atomic E-state index is 0.0847. The molecule has 0 radical (unpaired) electrons. The van der Waals surface area contributed by atoms with Crippen molar-refractivity contribution >= 4 is 22.8 Å². The first-order valence-electron chi connectivity index (χ1n) is 9.48. The lowest BCUT2D eigenvalue weighted by atomic mass is 9.99. The van der Waals surface area contributed by atoms with Crippen LogP contribution in [0.15, 0.2) is 36.4 Å². The Bertz CT molecular complexity index is 1160. The van der Waals surface area contributed by atoms with Crippen LogP contribution in [-0.2, 0) is 27.3 Å². The minimum atomic E-state index is -0.919. The summed E-state index contributed by atoms with van der Waals surface area (Å²) in [4.78, 5) is 23.6. The Balaban J connectivity index is 1.88. The summed E-state index contributed by atoms with van der Waals surface area (Å²) in [6.45, 7) is -0.212. The predicted molar refractivity (Wildman–Crippen MR) is 105 cm³/mol. The van der Waals surface area contributed by atoms with Gasteiger partial charge in [-0.1, -0.05) is 18.2 Å². The van der Waals surface area contributed by atoms with Crippen molar-refractivity contribution in [1.82, 2.24) is 4.57 Å². The highest BCUT2D eigenvalue weighted by molar-refractivity contribution is 5.97. The third kappa shape index (κ3) is 3.28. The monoisotopic (exact) mass is 414 g/mol. The zero-order chi connectivity index (χ0) is 21.4. The van der Waals surface area contributed by atoms with E-state index in [1.165, 1.54) is 19.2 Å². The summed E-state index contributed by atoms with van der Waals surface area (Å²) in [6, 6.07) is 9.29. The van der Waals surface area contributed by atoms with Crippen molar-refractivity contribution in [2.24, 2.45) is 5.73 Å². The van der Waals surface area contributed by atoms with E-state index in [1.54, 1.807) is 12.1 Å². The third-order valence-corrected chi connectivity index (χ3v) is 5.50. The molecule has 8 heteroatoms. The highest BCUT2D eigenvalue weighted by Crippen LogP contribution is 2.44. The summed E-state index contributed by atoms with van der Waals surface area (Å²) in [5, 5.41) is 0.648. The molecule has 0 saturated heterocycles. The number of fused-ring (bicyclic) bond motifs is 3. The van der Waals surface area contributed by atoms with E-state index >= 15 is 0 Å². The molecule has 1 aromatic heterocycles. The molecule has 1 aliphatic carbocycles. The molecule has 3 aromatic rings. The second-order valence-electron chi connectivity index (χ2n) is 7.17. The predicted octanol–water partition coefficient (Wildman–Crippen LogP) is 3.03. The molecule has 1 amide bonds. The van der Waals surface area contributed by atoms with Crippen LogP contribution in [0, 0.1) is 11.6 Å². The fourth-order valence-corrected chi connectivity index (χ4v) is 4.14. The smallest absolute Gasteiger partial charge is 0.343 e. The van der Waals surface area contributed by atoms with E-state index in [0.29, 0.717) is 29.5 Å². The second-order valence-corrected chi connectivity index (χ2v) is 7.17. The van der Waals surface area contributed by atoms with Crippen LogP contribution in [-0.4, -0.2) is 30.2 Å². The number of primary amides is 1. The summed E-state index contributed by atoms with van der Waals surface area (Å²) in [5.74, 6) is -2.96. The lowest BCUT2D eigenvalue weighted by molar-refractivity contribution is -0.142. The van der Waals surface area contributed by atoms with Crippen molar-refractivity contribution in [3.63, 3.8) is 0 Å². The molecule has 1 aliphatic rings. The van der Waals surface area contributed by atoms with Crippen LogP contribution in [0.1, 0.15) is 29.2 Å². The number of benzene rings is 2. The maximum absolute atomic E-state index is 14.3. The van der Waals surface area contributed by atoms with E-state index in [-0.39, 0.29) is 18.7 Å². The van der Waals surface area contributed by atoms with Gasteiger partial charge in [0.05, 0.1) is 25.1 Å². The van der Waals surface area contributed by atoms with Gasteiger partial charge in [0.1, 0.15) is 5.75 Å². The number of nitrogens with zero attached hydrogens (tertiary/aromatic N) is 1. The highest BCUT2D eigenvalue weighted by Gasteiger charge is 2.34. The minimum Gasteiger partial charge on any atom is -0.481 e. The largest absolute Gasteiger partial charge is 0.481 e. The van der Waals surface area contributed by atoms with Gasteiger partial charge in [-0.25, -0.2) is 13.6 Å². The van der Waals surface area contributed by atoms with Gasteiger partial charge in [-0.3, -0.25) is 4.79 Å². The summed E-state index contributed by atoms with van der Waals surface area (Å²) in [5.41, 5.74) is 8.06. The first-order valence-corrected chi connectivity index (χ1v) is 9.48. The van der Waals surface area contributed by atoms with Crippen molar-refractivity contribution in [1.29, 1.82) is 0 Å². The number of esters is 1. The van der Waals surface area contributed by atoms with Gasteiger partial charge in [0, 0.05) is 16.6 Å². The maximum Gasteiger partial charge on any atom is 0.343 e. The second kappa shape index (κ2) is 7.78. The van der Waals surface area contributed by atoms with E-state index in [9.17, 15) is 18.4 Å². The van der Waals surface area contributed by atoms with Crippen LogP contribution < -0.4 is 10.5 Å². The topological polar surface area (TPSA) is 83.6 Å². The molecule has 156 valence electrons. The average Bonchev–Trinajstić information content (AvgIpc) is 3.29. The third-order valence-electron chi connectivity index (χ3n) is 5.50. The Morgan fingerprint density at radius 1 is 1.20 bits per heavy atom. The molecule has 0 spiro atoms. The molecule has 1 heterocycles. The number of hydrogen-bond donors (Lipinski definition) is 1. The molecule has 0 saturated carbocycles. The first kappa shape index (κ1) is 19.9. The average molecular weight is 414 g/mol. The number of halogens is 2. The van der Waals surface area contributed by atoms with Gasteiger partial charge < -0.3 is 19.8 Å². The zero-order valence-electron chi connectivity index (χ0n) is 16.3. The zero-order valence-corrected chi connectivity index (χ0v) is 16.3. The van der Waals surface area contributed by atoms with Gasteiger partial charge >= 0.3 is 5.97 Å². The van der Waals surface area contributed by atoms with Crippen molar-refractivity contribution in [3.8, 4) is 5.75 Å². The molecule has 6 nitrogen and oxygen atoms in total. The van der Waals surface area contributed by atoms with Gasteiger partial charge in [0.15, 0.2) is 18.2 Å². The molecule has 0 aliphatic heterocycles. The van der Waals surface area contributed by atoms with Crippen LogP contribution in [0.4, 0.5) is 8.78 Å². The molecule has 1 atom stereocenters. The highest BCUT2D eigenvalue weighted by atomic mass is 19.2. The number of nitrogens with two attached hydrogens (primary N) is 1. The van der Waals surface area contributed by atoms with Gasteiger partial charge in [0.25, 0.3) is 0 Å². The summed E-state index contributed by atoms with van der Waals surface area (Å²) < 4.78 is 40.2. The summed E-state index contributed by atoms with van der Waals surface area (Å²) in [6.07, 6.45) is 1.08. The quantitative estimate of drug-likeness (QED) is 0.629. The fourth-order valence-electron chi connectivity index (χ4n) is 4.14. The number of amides is 1. The van der Waals surface area contributed by atoms with E-state index in [1.807, 2.05) is 10.6 Å². The molecule has 30 heavy (non-hydrogen) atoms. The Labute approximate surface area is 171 Å². The van der Waals surface area contributed by atoms with Crippen molar-refractivity contribution < 1.29 is 27.8 Å². The van der Waals surface area contributed by atoms with Gasteiger partial charge in [-0.15, -0.1) is 0 Å². The molecule has 4 rings (SSSR count). The molecule has 1 unspecified atom stereocenters. The number of methoxy groups -OCH3 is 1. The SMILES string of the molecule is COC(=O)COc1cccc2c1c1c(n2Cc2cccc(F)c2F)CCC1C(N)=O. The number of aromatic nitrogens is 1. The molecular weight excluding hydrogens is 394 g/mol. The van der Waals surface area contributed by atoms with Crippen LogP contribution in [0.2, 0.25) is 0 Å². The van der Waals surface area contributed by atoms with Crippen molar-refractivity contribution in [3.05, 3.63) is 64.9 Å². The molecule has 0 fully saturated rings. The Kier molecular flexibility index (Phi) is 5.15. The Morgan fingerprint density at radius 2 is 1.97 bits per heavy atom. The van der Waals surface area contributed by atoms with Crippen LogP contribution in [0.3, 0.4) is 0 Å².